The number of aliphatic hydroxyl groups is 1. The molecule has 2 bridgehead atoms. The molecule has 0 amide bonds. The molecule has 1 aromatic carbocycles. The van der Waals surface area contributed by atoms with E-state index in [0.29, 0.717) is 11.4 Å². The predicted molar refractivity (Wildman–Crippen MR) is 131 cm³/mol. The van der Waals surface area contributed by atoms with Crippen LogP contribution in [0, 0.1) is 23.0 Å². The van der Waals surface area contributed by atoms with E-state index >= 15 is 0 Å². The SMILES string of the molecule is CC(C)[C@@H](O)c1coc(-c2cncc(C34CC[C@@H](c5cc(-c6c(F)cccc6F)nnc53)C4(C)C)n2)n1. The van der Waals surface area contributed by atoms with Gasteiger partial charge in [-0.25, -0.2) is 18.7 Å². The van der Waals surface area contributed by atoms with Gasteiger partial charge >= 0.3 is 0 Å². The molecule has 0 saturated heterocycles. The van der Waals surface area contributed by atoms with Crippen molar-refractivity contribution < 1.29 is 18.3 Å². The summed E-state index contributed by atoms with van der Waals surface area (Å²) in [6, 6.07) is 5.56. The van der Waals surface area contributed by atoms with Gasteiger partial charge in [0, 0.05) is 6.20 Å². The molecule has 4 aromatic rings. The Kier molecular flexibility index (Phi) is 5.28. The fraction of sp³-hybridized carbons (Fsp3) is 0.393. The smallest absolute Gasteiger partial charge is 0.247 e. The van der Waals surface area contributed by atoms with E-state index in [-0.39, 0.29) is 34.4 Å². The third-order valence-corrected chi connectivity index (χ3v) is 8.35. The van der Waals surface area contributed by atoms with Crippen molar-refractivity contribution in [2.24, 2.45) is 11.3 Å². The van der Waals surface area contributed by atoms with Crippen molar-refractivity contribution in [1.82, 2.24) is 25.1 Å². The largest absolute Gasteiger partial charge is 0.443 e. The lowest BCUT2D eigenvalue weighted by Gasteiger charge is -2.37. The van der Waals surface area contributed by atoms with Gasteiger partial charge in [-0.1, -0.05) is 33.8 Å². The van der Waals surface area contributed by atoms with Crippen LogP contribution in [0.25, 0.3) is 22.8 Å². The van der Waals surface area contributed by atoms with Crippen LogP contribution in [0.2, 0.25) is 0 Å². The number of rotatable bonds is 5. The Bertz CT molecular complexity index is 1500. The third-order valence-electron chi connectivity index (χ3n) is 8.35. The minimum Gasteiger partial charge on any atom is -0.443 e. The molecule has 0 radical (unpaired) electrons. The van der Waals surface area contributed by atoms with Gasteiger partial charge < -0.3 is 9.52 Å². The number of nitrogens with zero attached hydrogens (tertiary/aromatic N) is 5. The van der Waals surface area contributed by atoms with E-state index in [2.05, 4.69) is 34.0 Å². The van der Waals surface area contributed by atoms with Gasteiger partial charge in [0.05, 0.1) is 34.3 Å². The first-order valence-electron chi connectivity index (χ1n) is 12.4. The summed E-state index contributed by atoms with van der Waals surface area (Å²) in [4.78, 5) is 13.8. The van der Waals surface area contributed by atoms with Gasteiger partial charge in [0.15, 0.2) is 0 Å². The van der Waals surface area contributed by atoms with Crippen LogP contribution in [0.4, 0.5) is 8.78 Å². The molecule has 1 N–H and O–H groups in total. The molecule has 2 aliphatic rings. The second-order valence-corrected chi connectivity index (χ2v) is 10.9. The number of benzene rings is 1. The number of aliphatic hydroxyl groups excluding tert-OH is 1. The first-order chi connectivity index (χ1) is 17.6. The standard InChI is InChI=1S/C28H27F2N5O2/c1-14(2)24(36)21-13-37-26(33-21)20-11-31-12-22(32-20)28-9-8-16(27(28,3)4)15-10-19(34-35-25(15)28)23-17(29)6-5-7-18(23)30/h5-7,10-14,16,24,36H,8-9H2,1-4H3/t16-,24+,28?/m0/s1. The van der Waals surface area contributed by atoms with Gasteiger partial charge in [-0.05, 0) is 53.9 Å². The normalized spacial score (nSPS) is 22.4. The fourth-order valence-electron chi connectivity index (χ4n) is 6.31. The minimum atomic E-state index is -0.743. The lowest BCUT2D eigenvalue weighted by Crippen LogP contribution is -2.38. The molecule has 2 aliphatic carbocycles. The molecule has 3 heterocycles. The van der Waals surface area contributed by atoms with Crippen molar-refractivity contribution in [1.29, 1.82) is 0 Å². The molecule has 37 heavy (non-hydrogen) atoms. The summed E-state index contributed by atoms with van der Waals surface area (Å²) in [5.74, 6) is -0.952. The Hall–Kier alpha value is -3.59. The Morgan fingerprint density at radius 3 is 2.54 bits per heavy atom. The predicted octanol–water partition coefficient (Wildman–Crippen LogP) is 5.76. The maximum atomic E-state index is 14.5. The Labute approximate surface area is 213 Å². The van der Waals surface area contributed by atoms with Crippen molar-refractivity contribution in [2.75, 3.05) is 0 Å². The average molecular weight is 504 g/mol. The lowest BCUT2D eigenvalue weighted by atomic mass is 9.66. The number of fused-ring (bicyclic) bond motifs is 5. The molecule has 0 aliphatic heterocycles. The van der Waals surface area contributed by atoms with Gasteiger partial charge in [-0.15, -0.1) is 5.10 Å². The summed E-state index contributed by atoms with van der Waals surface area (Å²) >= 11 is 0. The van der Waals surface area contributed by atoms with Crippen molar-refractivity contribution in [3.05, 3.63) is 77.2 Å². The first-order valence-corrected chi connectivity index (χ1v) is 12.4. The summed E-state index contributed by atoms with van der Waals surface area (Å²) in [5.41, 5.74) is 2.47. The van der Waals surface area contributed by atoms with Gasteiger partial charge in [-0.3, -0.25) is 4.98 Å². The zero-order valence-electron chi connectivity index (χ0n) is 21.0. The van der Waals surface area contributed by atoms with Crippen LogP contribution in [-0.2, 0) is 5.41 Å². The molecule has 190 valence electrons. The molecule has 0 spiro atoms. The van der Waals surface area contributed by atoms with E-state index in [1.807, 2.05) is 13.8 Å². The number of aromatic nitrogens is 5. The molecular formula is C28H27F2N5O2. The molecule has 7 nitrogen and oxygen atoms in total. The molecular weight excluding hydrogens is 476 g/mol. The monoisotopic (exact) mass is 503 g/mol. The number of hydrogen-bond acceptors (Lipinski definition) is 7. The van der Waals surface area contributed by atoms with Crippen LogP contribution in [0.5, 0.6) is 0 Å². The third kappa shape index (κ3) is 3.29. The zero-order chi connectivity index (χ0) is 26.1. The maximum Gasteiger partial charge on any atom is 0.247 e. The number of hydrogen-bond donors (Lipinski definition) is 1. The van der Waals surface area contributed by atoms with Gasteiger partial charge in [0.1, 0.15) is 35.4 Å². The summed E-state index contributed by atoms with van der Waals surface area (Å²) in [6.07, 6.45) is 5.69. The maximum absolute atomic E-state index is 14.5. The summed E-state index contributed by atoms with van der Waals surface area (Å²) in [5, 5.41) is 19.2. The highest BCUT2D eigenvalue weighted by atomic mass is 19.1. The highest BCUT2D eigenvalue weighted by Crippen LogP contribution is 2.69. The molecule has 1 unspecified atom stereocenters. The van der Waals surface area contributed by atoms with E-state index < -0.39 is 23.2 Å². The van der Waals surface area contributed by atoms with E-state index in [9.17, 15) is 13.9 Å². The summed E-state index contributed by atoms with van der Waals surface area (Å²) < 4.78 is 34.7. The minimum absolute atomic E-state index is 0.0122. The van der Waals surface area contributed by atoms with Crippen molar-refractivity contribution in [3.8, 4) is 22.8 Å². The average Bonchev–Trinajstić information content (AvgIpc) is 3.52. The van der Waals surface area contributed by atoms with Crippen molar-refractivity contribution in [3.63, 3.8) is 0 Å². The second-order valence-electron chi connectivity index (χ2n) is 10.9. The highest BCUT2D eigenvalue weighted by Gasteiger charge is 2.65. The van der Waals surface area contributed by atoms with Crippen molar-refractivity contribution >= 4 is 0 Å². The van der Waals surface area contributed by atoms with E-state index in [0.717, 1.165) is 29.8 Å². The Morgan fingerprint density at radius 2 is 1.81 bits per heavy atom. The van der Waals surface area contributed by atoms with E-state index in [1.54, 1.807) is 18.5 Å². The second kappa shape index (κ2) is 8.21. The molecule has 6 rings (SSSR count). The van der Waals surface area contributed by atoms with Crippen LogP contribution < -0.4 is 0 Å². The fourth-order valence-corrected chi connectivity index (χ4v) is 6.31. The van der Waals surface area contributed by atoms with Crippen molar-refractivity contribution in [2.45, 2.75) is 58.0 Å². The van der Waals surface area contributed by atoms with Gasteiger partial charge in [-0.2, -0.15) is 5.10 Å². The van der Waals surface area contributed by atoms with E-state index in [1.165, 1.54) is 24.5 Å². The van der Waals surface area contributed by atoms with Crippen LogP contribution in [0.1, 0.15) is 75.2 Å². The molecule has 3 atom stereocenters. The highest BCUT2D eigenvalue weighted by molar-refractivity contribution is 5.64. The molecule has 9 heteroatoms. The quantitative estimate of drug-likeness (QED) is 0.370. The van der Waals surface area contributed by atoms with Gasteiger partial charge in [0.2, 0.25) is 5.89 Å². The van der Waals surface area contributed by atoms with Crippen LogP contribution >= 0.6 is 0 Å². The topological polar surface area (TPSA) is 97.8 Å². The van der Waals surface area contributed by atoms with Crippen LogP contribution in [-0.4, -0.2) is 30.3 Å². The first kappa shape index (κ1) is 23.8. The zero-order valence-corrected chi connectivity index (χ0v) is 21.0. The van der Waals surface area contributed by atoms with Crippen LogP contribution in [0.3, 0.4) is 0 Å². The van der Waals surface area contributed by atoms with E-state index in [4.69, 9.17) is 9.40 Å². The summed E-state index contributed by atoms with van der Waals surface area (Å²) in [6.45, 7) is 8.15. The Morgan fingerprint density at radius 1 is 1.05 bits per heavy atom. The van der Waals surface area contributed by atoms with Gasteiger partial charge in [0.25, 0.3) is 0 Å². The lowest BCUT2D eigenvalue weighted by molar-refractivity contribution is 0.122. The summed E-state index contributed by atoms with van der Waals surface area (Å²) in [7, 11) is 0. The Balaban J connectivity index is 1.46. The van der Waals surface area contributed by atoms with Crippen LogP contribution in [0.15, 0.2) is 47.3 Å². The number of halogens is 2. The molecule has 3 aromatic heterocycles. The molecule has 1 fully saturated rings. The molecule has 1 saturated carbocycles. The number of oxazole rings is 1.